The number of Topliss-reactive ketones (excluding diaryl/α,β-unsaturated/α-hetero) is 1. The highest BCUT2D eigenvalue weighted by Crippen LogP contribution is 2.34. The van der Waals surface area contributed by atoms with Crippen molar-refractivity contribution in [2.24, 2.45) is 0 Å². The highest BCUT2D eigenvalue weighted by molar-refractivity contribution is 7.99. The van der Waals surface area contributed by atoms with Gasteiger partial charge in [-0.1, -0.05) is 17.9 Å². The van der Waals surface area contributed by atoms with Gasteiger partial charge in [0.2, 0.25) is 0 Å². The molecule has 0 bridgehead atoms. The van der Waals surface area contributed by atoms with Crippen LogP contribution in [0.5, 0.6) is 5.75 Å². The van der Waals surface area contributed by atoms with E-state index in [-0.39, 0.29) is 17.1 Å². The summed E-state index contributed by atoms with van der Waals surface area (Å²) >= 11 is 3.04. The Morgan fingerprint density at radius 1 is 1.30 bits per heavy atom. The van der Waals surface area contributed by atoms with Gasteiger partial charge in [0, 0.05) is 10.4 Å². The maximum atomic E-state index is 13.3. The average molecular weight is 442 g/mol. The van der Waals surface area contributed by atoms with Crippen LogP contribution in [0.1, 0.15) is 41.1 Å². The standard InChI is InChI=1S/C23H24N2O3S2/c1-4-28-16-10-8-15(9-11-16)18(26)13-29-23-24-21-20(17-6-5-7-19(17)30-21)22(27)25(23)12-14(2)3/h8-11H,2,4-7,12-13H2,1,3H3/p+1. The van der Waals surface area contributed by atoms with Gasteiger partial charge in [-0.05, 0) is 80.3 Å². The van der Waals surface area contributed by atoms with E-state index in [9.17, 15) is 9.59 Å². The van der Waals surface area contributed by atoms with E-state index in [1.54, 1.807) is 28.0 Å². The summed E-state index contributed by atoms with van der Waals surface area (Å²) in [7, 11) is 0. The summed E-state index contributed by atoms with van der Waals surface area (Å²) in [5.74, 6) is 1.01. The molecule has 0 saturated heterocycles. The number of rotatable bonds is 8. The molecule has 0 fully saturated rings. The number of aryl methyl sites for hydroxylation is 2. The molecule has 0 spiro atoms. The first-order valence-corrected chi connectivity index (χ1v) is 11.9. The van der Waals surface area contributed by atoms with Crippen LogP contribution in [0, 0.1) is 0 Å². The number of aromatic nitrogens is 2. The van der Waals surface area contributed by atoms with Crippen LogP contribution in [0.4, 0.5) is 0 Å². The van der Waals surface area contributed by atoms with Gasteiger partial charge in [-0.25, -0.2) is 9.78 Å². The van der Waals surface area contributed by atoms with Gasteiger partial charge in [-0.3, -0.25) is 4.79 Å². The molecule has 2 aromatic heterocycles. The van der Waals surface area contributed by atoms with Gasteiger partial charge in [0.1, 0.15) is 17.7 Å². The number of carbonyl (C=O) groups excluding carboxylic acids is 1. The minimum atomic E-state index is 0.0135. The van der Waals surface area contributed by atoms with Crippen molar-refractivity contribution < 1.29 is 14.5 Å². The van der Waals surface area contributed by atoms with Crippen molar-refractivity contribution >= 4 is 39.1 Å². The molecule has 30 heavy (non-hydrogen) atoms. The summed E-state index contributed by atoms with van der Waals surface area (Å²) < 4.78 is 7.16. The number of carbonyl (C=O) groups is 1. The van der Waals surface area contributed by atoms with E-state index in [2.05, 4.69) is 11.6 Å². The molecule has 7 heteroatoms. The fraction of sp³-hybridized carbons (Fsp3) is 0.348. The SMILES string of the molecule is C=C(C)Cn1c(SCC(=O)c2ccc(OCC)cc2)[nH+]c2sc3c(c2c1=O)CCC3. The Morgan fingerprint density at radius 2 is 2.07 bits per heavy atom. The normalized spacial score (nSPS) is 12.9. The number of ketones is 1. The summed E-state index contributed by atoms with van der Waals surface area (Å²) in [6.07, 6.45) is 3.12. The van der Waals surface area contributed by atoms with Crippen LogP contribution < -0.4 is 15.3 Å². The van der Waals surface area contributed by atoms with E-state index in [4.69, 9.17) is 4.74 Å². The predicted molar refractivity (Wildman–Crippen MR) is 122 cm³/mol. The topological polar surface area (TPSA) is 62.4 Å². The lowest BCUT2D eigenvalue weighted by Gasteiger charge is -2.06. The average Bonchev–Trinajstić information content (AvgIpc) is 3.30. The van der Waals surface area contributed by atoms with E-state index in [1.807, 2.05) is 26.0 Å². The van der Waals surface area contributed by atoms with Crippen molar-refractivity contribution in [1.82, 2.24) is 4.57 Å². The zero-order chi connectivity index (χ0) is 21.3. The molecule has 0 saturated carbocycles. The van der Waals surface area contributed by atoms with Crippen LogP contribution in [0.15, 0.2) is 46.4 Å². The molecule has 5 nitrogen and oxygen atoms in total. The zero-order valence-corrected chi connectivity index (χ0v) is 18.9. The molecule has 1 aromatic carbocycles. The van der Waals surface area contributed by atoms with Gasteiger partial charge in [0.25, 0.3) is 0 Å². The highest BCUT2D eigenvalue weighted by Gasteiger charge is 2.27. The van der Waals surface area contributed by atoms with Crippen molar-refractivity contribution in [3.63, 3.8) is 0 Å². The van der Waals surface area contributed by atoms with Gasteiger partial charge in [-0.15, -0.1) is 0 Å². The van der Waals surface area contributed by atoms with Crippen LogP contribution in [0.2, 0.25) is 0 Å². The lowest BCUT2D eigenvalue weighted by molar-refractivity contribution is -0.404. The van der Waals surface area contributed by atoms with E-state index in [0.29, 0.717) is 23.9 Å². The number of allylic oxidation sites excluding steroid dienone is 1. The number of hydrogen-bond donors (Lipinski definition) is 0. The molecule has 156 valence electrons. The lowest BCUT2D eigenvalue weighted by Crippen LogP contribution is -2.30. The van der Waals surface area contributed by atoms with Crippen LogP contribution >= 0.6 is 23.1 Å². The number of nitrogens with zero attached hydrogens (tertiary/aromatic N) is 1. The number of ether oxygens (including phenoxy) is 1. The van der Waals surface area contributed by atoms with E-state index < -0.39 is 0 Å². The monoisotopic (exact) mass is 441 g/mol. The first kappa shape index (κ1) is 20.9. The fourth-order valence-electron chi connectivity index (χ4n) is 3.76. The second-order valence-corrected chi connectivity index (χ2v) is 9.58. The Balaban J connectivity index is 1.62. The second-order valence-electron chi connectivity index (χ2n) is 7.51. The predicted octanol–water partition coefficient (Wildman–Crippen LogP) is 4.32. The zero-order valence-electron chi connectivity index (χ0n) is 17.2. The highest BCUT2D eigenvalue weighted by atomic mass is 32.2. The van der Waals surface area contributed by atoms with Gasteiger partial charge in [0.15, 0.2) is 10.6 Å². The molecule has 4 rings (SSSR count). The number of fused-ring (bicyclic) bond motifs is 3. The number of thioether (sulfide) groups is 1. The van der Waals surface area contributed by atoms with Gasteiger partial charge >= 0.3 is 10.7 Å². The van der Waals surface area contributed by atoms with E-state index in [1.165, 1.54) is 22.2 Å². The minimum Gasteiger partial charge on any atom is -0.494 e. The van der Waals surface area contributed by atoms with Gasteiger partial charge in [-0.2, -0.15) is 4.57 Å². The number of H-pyrrole nitrogens is 1. The van der Waals surface area contributed by atoms with E-state index in [0.717, 1.165) is 40.8 Å². The first-order chi connectivity index (χ1) is 14.5. The largest absolute Gasteiger partial charge is 0.494 e. The molecule has 3 aromatic rings. The van der Waals surface area contributed by atoms with E-state index >= 15 is 0 Å². The summed E-state index contributed by atoms with van der Waals surface area (Å²) in [5, 5.41) is 1.52. The third kappa shape index (κ3) is 4.09. The van der Waals surface area contributed by atoms with Crippen molar-refractivity contribution in [3.05, 3.63) is 62.8 Å². The lowest BCUT2D eigenvalue weighted by atomic mass is 10.1. The smallest absolute Gasteiger partial charge is 0.347 e. The molecular formula is C23H25N2O3S2+. The molecular weight excluding hydrogens is 416 g/mol. The quantitative estimate of drug-likeness (QED) is 0.226. The summed E-state index contributed by atoms with van der Waals surface area (Å²) in [4.78, 5) is 31.7. The minimum absolute atomic E-state index is 0.0135. The summed E-state index contributed by atoms with van der Waals surface area (Å²) in [5.41, 5.74) is 2.75. The Labute approximate surface area is 183 Å². The van der Waals surface area contributed by atoms with Crippen LogP contribution in [-0.2, 0) is 19.4 Å². The van der Waals surface area contributed by atoms with Crippen molar-refractivity contribution in [1.29, 1.82) is 0 Å². The molecule has 1 aliphatic carbocycles. The molecule has 2 heterocycles. The molecule has 1 N–H and O–H groups in total. The summed E-state index contributed by atoms with van der Waals surface area (Å²) in [6, 6.07) is 7.19. The maximum absolute atomic E-state index is 13.3. The fourth-order valence-corrected chi connectivity index (χ4v) is 6.02. The number of aromatic amines is 1. The second kappa shape index (κ2) is 8.78. The van der Waals surface area contributed by atoms with Crippen molar-refractivity contribution in [3.8, 4) is 5.75 Å². The molecule has 0 unspecified atom stereocenters. The third-order valence-electron chi connectivity index (χ3n) is 5.10. The van der Waals surface area contributed by atoms with Crippen LogP contribution in [0.25, 0.3) is 10.2 Å². The Kier molecular flexibility index (Phi) is 6.11. The first-order valence-electron chi connectivity index (χ1n) is 10.1. The molecule has 0 amide bonds. The Bertz CT molecular complexity index is 1180. The molecule has 0 aliphatic heterocycles. The maximum Gasteiger partial charge on any atom is 0.347 e. The van der Waals surface area contributed by atoms with Crippen molar-refractivity contribution in [2.75, 3.05) is 12.4 Å². The van der Waals surface area contributed by atoms with Gasteiger partial charge < -0.3 is 4.74 Å². The number of benzene rings is 1. The third-order valence-corrected chi connectivity index (χ3v) is 7.31. The Morgan fingerprint density at radius 3 is 2.77 bits per heavy atom. The Hall–Kier alpha value is -2.38. The number of hydrogen-bond acceptors (Lipinski definition) is 5. The molecule has 0 atom stereocenters. The van der Waals surface area contributed by atoms with Gasteiger partial charge in [0.05, 0.1) is 12.4 Å². The molecule has 1 aliphatic rings. The van der Waals surface area contributed by atoms with Crippen LogP contribution in [-0.4, -0.2) is 22.7 Å². The van der Waals surface area contributed by atoms with Crippen molar-refractivity contribution in [2.45, 2.75) is 44.8 Å². The van der Waals surface area contributed by atoms with Crippen LogP contribution in [0.3, 0.4) is 0 Å². The molecule has 0 radical (unpaired) electrons. The summed E-state index contributed by atoms with van der Waals surface area (Å²) in [6.45, 7) is 8.85. The number of nitrogens with one attached hydrogen (secondary N) is 1. The number of thiophene rings is 1.